The Bertz CT molecular complexity index is 1670. The van der Waals surface area contributed by atoms with Crippen LogP contribution in [0.3, 0.4) is 0 Å². The van der Waals surface area contributed by atoms with Crippen LogP contribution < -0.4 is 10.1 Å². The molecule has 1 unspecified atom stereocenters. The summed E-state index contributed by atoms with van der Waals surface area (Å²) in [5.74, 6) is 0.129. The lowest BCUT2D eigenvalue weighted by Gasteiger charge is -2.28. The van der Waals surface area contributed by atoms with Gasteiger partial charge < -0.3 is 20.1 Å². The number of hydrogen-bond acceptors (Lipinski definition) is 4. The summed E-state index contributed by atoms with van der Waals surface area (Å²) in [6.07, 6.45) is 6.86. The number of nitrogens with one attached hydrogen (secondary N) is 2. The van der Waals surface area contributed by atoms with E-state index in [1.807, 2.05) is 90.8 Å². The maximum absolute atomic E-state index is 13.4. The van der Waals surface area contributed by atoms with Crippen LogP contribution in [0.2, 0.25) is 5.02 Å². The second kappa shape index (κ2) is 16.4. The number of amides is 1. The van der Waals surface area contributed by atoms with Gasteiger partial charge in [-0.2, -0.15) is 0 Å². The number of carboxylic acids is 1. The molecule has 7 nitrogen and oxygen atoms in total. The molecule has 0 saturated heterocycles. The molecule has 0 bridgehead atoms. The van der Waals surface area contributed by atoms with E-state index in [0.717, 1.165) is 41.5 Å². The third-order valence-corrected chi connectivity index (χ3v) is 7.94. The maximum Gasteiger partial charge on any atom is 0.335 e. The van der Waals surface area contributed by atoms with Crippen LogP contribution in [0.5, 0.6) is 11.5 Å². The van der Waals surface area contributed by atoms with E-state index >= 15 is 0 Å². The first kappa shape index (κ1) is 34.0. The number of amidine groups is 1. The molecule has 4 aromatic rings. The third-order valence-electron chi connectivity index (χ3n) is 7.61. The van der Waals surface area contributed by atoms with Gasteiger partial charge in [0, 0.05) is 23.3 Å². The van der Waals surface area contributed by atoms with Gasteiger partial charge in [0.25, 0.3) is 5.91 Å². The van der Waals surface area contributed by atoms with Gasteiger partial charge in [-0.1, -0.05) is 68.3 Å². The van der Waals surface area contributed by atoms with E-state index in [4.69, 9.17) is 21.4 Å². The molecule has 0 aliphatic heterocycles. The maximum atomic E-state index is 13.4. The molecule has 0 saturated carbocycles. The number of nitrogens with zero attached hydrogens (tertiary/aromatic N) is 1. The number of unbranched alkanes of at least 4 members (excludes halogenated alkanes) is 1. The highest BCUT2D eigenvalue weighted by atomic mass is 35.5. The number of ether oxygens (including phenoxy) is 1. The molecule has 0 fully saturated rings. The van der Waals surface area contributed by atoms with E-state index in [1.54, 1.807) is 12.1 Å². The van der Waals surface area contributed by atoms with Crippen LogP contribution in [0, 0.1) is 12.3 Å². The molecule has 1 amide bonds. The second-order valence-corrected chi connectivity index (χ2v) is 11.5. The van der Waals surface area contributed by atoms with Crippen LogP contribution >= 0.6 is 11.6 Å². The predicted octanol–water partition coefficient (Wildman–Crippen LogP) is 8.79. The van der Waals surface area contributed by atoms with Gasteiger partial charge in [0.1, 0.15) is 17.3 Å². The van der Waals surface area contributed by atoms with Gasteiger partial charge in [0.15, 0.2) is 0 Å². The number of carboxylic acid groups (broad SMARTS) is 1. The predicted molar refractivity (Wildman–Crippen MR) is 185 cm³/mol. The summed E-state index contributed by atoms with van der Waals surface area (Å²) >= 11 is 6.49. The minimum absolute atomic E-state index is 0.185. The molecule has 0 aromatic heterocycles. The van der Waals surface area contributed by atoms with Gasteiger partial charge in [-0.05, 0) is 109 Å². The lowest BCUT2D eigenvalue weighted by atomic mass is 10.0. The summed E-state index contributed by atoms with van der Waals surface area (Å²) in [7, 11) is 0. The molecule has 0 aliphatic carbocycles. The molecule has 1 atom stereocenters. The molecular formula is C38H40ClN3O4. The molecule has 4 rings (SSSR count). The fourth-order valence-corrected chi connectivity index (χ4v) is 5.12. The molecule has 8 heteroatoms. The minimum atomic E-state index is -0.996. The molecule has 4 aromatic carbocycles. The highest BCUT2D eigenvalue weighted by Gasteiger charge is 2.23. The van der Waals surface area contributed by atoms with E-state index in [9.17, 15) is 15.0 Å². The summed E-state index contributed by atoms with van der Waals surface area (Å²) in [5, 5.41) is 22.2. The number of aromatic carboxylic acids is 1. The number of hydrogen-bond donors (Lipinski definition) is 3. The lowest BCUT2D eigenvalue weighted by Crippen LogP contribution is -2.48. The van der Waals surface area contributed by atoms with Crippen molar-refractivity contribution in [1.29, 1.82) is 5.41 Å². The Morgan fingerprint density at radius 1 is 0.913 bits per heavy atom. The zero-order valence-electron chi connectivity index (χ0n) is 26.4. The van der Waals surface area contributed by atoms with Gasteiger partial charge in [-0.25, -0.2) is 4.79 Å². The van der Waals surface area contributed by atoms with E-state index in [1.165, 1.54) is 12.1 Å². The third kappa shape index (κ3) is 9.56. The van der Waals surface area contributed by atoms with Gasteiger partial charge in [0.2, 0.25) is 0 Å². The molecule has 46 heavy (non-hydrogen) atoms. The number of carbonyl (C=O) groups is 2. The average Bonchev–Trinajstić information content (AvgIpc) is 3.06. The van der Waals surface area contributed by atoms with Crippen molar-refractivity contribution in [3.63, 3.8) is 0 Å². The Kier molecular flexibility index (Phi) is 12.1. The van der Waals surface area contributed by atoms with Crippen LogP contribution in [0.1, 0.15) is 69.7 Å². The van der Waals surface area contributed by atoms with Crippen molar-refractivity contribution in [3.8, 4) is 11.5 Å². The van der Waals surface area contributed by atoms with Crippen molar-refractivity contribution in [2.24, 2.45) is 0 Å². The van der Waals surface area contributed by atoms with Crippen molar-refractivity contribution < 1.29 is 19.4 Å². The molecule has 3 N–H and O–H groups in total. The monoisotopic (exact) mass is 637 g/mol. The molecule has 0 radical (unpaired) electrons. The van der Waals surface area contributed by atoms with E-state index in [2.05, 4.69) is 19.2 Å². The Hall–Kier alpha value is -4.88. The summed E-state index contributed by atoms with van der Waals surface area (Å²) in [5.41, 5.74) is 4.70. The van der Waals surface area contributed by atoms with Crippen molar-refractivity contribution >= 4 is 35.4 Å². The van der Waals surface area contributed by atoms with Crippen molar-refractivity contribution in [2.45, 2.75) is 52.5 Å². The van der Waals surface area contributed by atoms with E-state index < -0.39 is 12.0 Å². The van der Waals surface area contributed by atoms with Gasteiger partial charge in [-0.15, -0.1) is 0 Å². The average molecular weight is 638 g/mol. The molecule has 0 spiro atoms. The van der Waals surface area contributed by atoms with Crippen LogP contribution in [-0.4, -0.2) is 40.3 Å². The van der Waals surface area contributed by atoms with E-state index in [-0.39, 0.29) is 17.3 Å². The fourth-order valence-electron chi connectivity index (χ4n) is 4.82. The SMILES string of the molecule is CCCCN(/C=C/c1ccc(C)cc1Cl)C(=N)C(Cc1ccc(Oc2ccc(C(=O)O)cc2)cc1)NC(=O)c1ccc(CC)cc1. The number of rotatable bonds is 14. The first-order valence-electron chi connectivity index (χ1n) is 15.5. The van der Waals surface area contributed by atoms with Crippen LogP contribution in [-0.2, 0) is 12.8 Å². The number of halogens is 1. The first-order valence-corrected chi connectivity index (χ1v) is 15.8. The van der Waals surface area contributed by atoms with Crippen LogP contribution in [0.4, 0.5) is 0 Å². The Morgan fingerprint density at radius 3 is 2.11 bits per heavy atom. The van der Waals surface area contributed by atoms with Crippen molar-refractivity contribution in [1.82, 2.24) is 10.2 Å². The highest BCUT2D eigenvalue weighted by molar-refractivity contribution is 6.32. The quantitative estimate of drug-likeness (QED) is 0.0947. The van der Waals surface area contributed by atoms with Crippen molar-refractivity contribution in [2.75, 3.05) is 6.54 Å². The van der Waals surface area contributed by atoms with Gasteiger partial charge in [0.05, 0.1) is 11.6 Å². The minimum Gasteiger partial charge on any atom is -0.478 e. The molecule has 0 heterocycles. The Morgan fingerprint density at radius 2 is 1.52 bits per heavy atom. The molecular weight excluding hydrogens is 598 g/mol. The largest absolute Gasteiger partial charge is 0.478 e. The first-order chi connectivity index (χ1) is 22.2. The van der Waals surface area contributed by atoms with Crippen LogP contribution in [0.15, 0.2) is 97.2 Å². The zero-order valence-corrected chi connectivity index (χ0v) is 27.2. The zero-order chi connectivity index (χ0) is 33.1. The van der Waals surface area contributed by atoms with Gasteiger partial charge in [-0.3, -0.25) is 10.2 Å². The Labute approximate surface area is 276 Å². The fraction of sp³-hybridized carbons (Fsp3) is 0.237. The van der Waals surface area contributed by atoms with Gasteiger partial charge >= 0.3 is 5.97 Å². The normalized spacial score (nSPS) is 11.7. The number of carbonyl (C=O) groups excluding carboxylic acids is 1. The number of benzene rings is 4. The standard InChI is InChI=1S/C38H40ClN3O4/c1-4-6-22-42(23-21-29-12-7-26(3)24-34(29)39)36(40)35(41-37(43)30-13-8-27(5-2)9-14-30)25-28-10-17-32(18-11-28)46-33-19-15-31(16-20-33)38(44)45/h7-21,23-24,35,40H,4-6,22,25H2,1-3H3,(H,41,43)(H,44,45)/b23-21+,40-36?. The Balaban J connectivity index is 1.57. The smallest absolute Gasteiger partial charge is 0.335 e. The molecule has 238 valence electrons. The topological polar surface area (TPSA) is 103 Å². The highest BCUT2D eigenvalue weighted by Crippen LogP contribution is 2.24. The second-order valence-electron chi connectivity index (χ2n) is 11.1. The van der Waals surface area contributed by atoms with Crippen molar-refractivity contribution in [3.05, 3.63) is 136 Å². The molecule has 0 aliphatic rings. The summed E-state index contributed by atoms with van der Waals surface area (Å²) in [6, 6.07) is 26.4. The van der Waals surface area contributed by atoms with Crippen LogP contribution in [0.25, 0.3) is 6.08 Å². The van der Waals surface area contributed by atoms with E-state index in [0.29, 0.717) is 35.1 Å². The summed E-state index contributed by atoms with van der Waals surface area (Å²) < 4.78 is 5.90. The summed E-state index contributed by atoms with van der Waals surface area (Å²) in [4.78, 5) is 26.5. The summed E-state index contributed by atoms with van der Waals surface area (Å²) in [6.45, 7) is 6.77. The number of aryl methyl sites for hydroxylation is 2. The lowest BCUT2D eigenvalue weighted by molar-refractivity contribution is 0.0696.